The number of benzene rings is 1. The smallest absolute Gasteiger partial charge is 0.271 e. The van der Waals surface area contributed by atoms with Gasteiger partial charge in [0, 0.05) is 20.2 Å². The fourth-order valence-electron chi connectivity index (χ4n) is 3.64. The molecule has 3 N–H and O–H groups in total. The molecule has 31 heavy (non-hydrogen) atoms. The predicted molar refractivity (Wildman–Crippen MR) is 116 cm³/mol. The number of anilines is 3. The number of rotatable bonds is 1. The molecule has 1 amide bonds. The zero-order valence-corrected chi connectivity index (χ0v) is 17.7. The average Bonchev–Trinajstić information content (AvgIpc) is 3.35. The van der Waals surface area contributed by atoms with Crippen molar-refractivity contribution >= 4 is 39.8 Å². The number of nitrogens with zero attached hydrogens (tertiary/aromatic N) is 6. The molecule has 0 aliphatic carbocycles. The first-order valence-corrected chi connectivity index (χ1v) is 10.0. The van der Waals surface area contributed by atoms with Crippen LogP contribution in [0.3, 0.4) is 0 Å². The first-order chi connectivity index (χ1) is 14.9. The number of aryl methyl sites for hydroxylation is 1. The number of hydrogen-bond donors (Lipinski definition) is 3. The lowest BCUT2D eigenvalue weighted by Gasteiger charge is -2.22. The number of aromatic nitrogens is 6. The van der Waals surface area contributed by atoms with E-state index in [4.69, 9.17) is 4.74 Å². The summed E-state index contributed by atoms with van der Waals surface area (Å²) in [5.74, 6) is 0.265. The van der Waals surface area contributed by atoms with Crippen LogP contribution in [0, 0.1) is 0 Å². The molecule has 1 aliphatic rings. The van der Waals surface area contributed by atoms with Crippen molar-refractivity contribution in [1.29, 1.82) is 0 Å². The molecular formula is C20H23N9O2. The van der Waals surface area contributed by atoms with Gasteiger partial charge in [0.2, 0.25) is 0 Å². The molecular weight excluding hydrogens is 398 g/mol. The molecule has 0 fully saturated rings. The highest BCUT2D eigenvalue weighted by atomic mass is 16.5. The van der Waals surface area contributed by atoms with Crippen LogP contribution in [-0.2, 0) is 18.4 Å². The second kappa shape index (κ2) is 7.20. The Morgan fingerprint density at radius 1 is 1.26 bits per heavy atom. The van der Waals surface area contributed by atoms with Crippen LogP contribution in [0.2, 0.25) is 0 Å². The summed E-state index contributed by atoms with van der Waals surface area (Å²) in [4.78, 5) is 17.3. The molecule has 11 heteroatoms. The van der Waals surface area contributed by atoms with Crippen LogP contribution in [0.25, 0.3) is 16.7 Å². The topological polar surface area (TPSA) is 123 Å². The van der Waals surface area contributed by atoms with E-state index in [1.807, 2.05) is 39.1 Å². The van der Waals surface area contributed by atoms with E-state index < -0.39 is 0 Å². The van der Waals surface area contributed by atoms with E-state index in [0.29, 0.717) is 23.8 Å². The van der Waals surface area contributed by atoms with Gasteiger partial charge in [0.05, 0.1) is 41.8 Å². The van der Waals surface area contributed by atoms with E-state index in [2.05, 4.69) is 36.3 Å². The summed E-state index contributed by atoms with van der Waals surface area (Å²) in [5, 5.41) is 22.5. The first-order valence-electron chi connectivity index (χ1n) is 10.0. The van der Waals surface area contributed by atoms with Crippen molar-refractivity contribution < 1.29 is 9.53 Å². The molecule has 1 aliphatic heterocycles. The molecule has 0 spiro atoms. The highest BCUT2D eigenvalue weighted by Gasteiger charge is 2.22. The van der Waals surface area contributed by atoms with Gasteiger partial charge in [-0.1, -0.05) is 5.21 Å². The molecule has 4 bridgehead atoms. The van der Waals surface area contributed by atoms with Gasteiger partial charge in [0.15, 0.2) is 17.2 Å². The van der Waals surface area contributed by atoms with Crippen molar-refractivity contribution in [3.05, 3.63) is 35.7 Å². The maximum atomic E-state index is 12.9. The largest absolute Gasteiger partial charge is 0.385 e. The second-order valence-corrected chi connectivity index (χ2v) is 7.70. The van der Waals surface area contributed by atoms with Crippen LogP contribution < -0.4 is 16.0 Å². The van der Waals surface area contributed by atoms with Gasteiger partial charge in [0.1, 0.15) is 5.52 Å². The molecule has 160 valence electrons. The van der Waals surface area contributed by atoms with E-state index in [1.165, 1.54) is 10.7 Å². The Labute approximate surface area is 177 Å². The SMILES string of the molecule is CNc1cc2nn3c(cnc13)C(=O)N[C@H](C)[C@H](C)OCc1cc(c3nnn(C)c3c1)N2. The van der Waals surface area contributed by atoms with Gasteiger partial charge >= 0.3 is 0 Å². The standard InChI is InChI=1S/C20H23N9O2/c1-10-11(2)31-9-12-5-13(18-15(6-12)28(4)27-25-18)24-17-7-14(21-3)19-22-8-16(20(30)23-10)29(19)26-17/h5-8,10-11,21H,9H2,1-4H3,(H,23,30)(H,24,26)/t10-,11+/m1/s1. The van der Waals surface area contributed by atoms with Gasteiger partial charge in [-0.15, -0.1) is 10.2 Å². The van der Waals surface area contributed by atoms with Gasteiger partial charge in [0.25, 0.3) is 5.91 Å². The zero-order valence-electron chi connectivity index (χ0n) is 17.7. The van der Waals surface area contributed by atoms with Gasteiger partial charge < -0.3 is 20.7 Å². The zero-order chi connectivity index (χ0) is 21.7. The number of carbonyl (C=O) groups excluding carboxylic acids is 1. The monoisotopic (exact) mass is 421 g/mol. The summed E-state index contributed by atoms with van der Waals surface area (Å²) in [6, 6.07) is 5.61. The van der Waals surface area contributed by atoms with E-state index in [0.717, 1.165) is 28.0 Å². The molecule has 5 rings (SSSR count). The number of fused-ring (bicyclic) bond motifs is 5. The van der Waals surface area contributed by atoms with Crippen molar-refractivity contribution in [3.8, 4) is 0 Å². The van der Waals surface area contributed by atoms with Gasteiger partial charge in [-0.3, -0.25) is 4.79 Å². The highest BCUT2D eigenvalue weighted by molar-refractivity contribution is 5.94. The summed E-state index contributed by atoms with van der Waals surface area (Å²) in [7, 11) is 3.65. The third kappa shape index (κ3) is 3.22. The number of nitrogens with one attached hydrogen (secondary N) is 3. The number of hydrogen-bond acceptors (Lipinski definition) is 8. The number of imidazole rings is 1. The summed E-state index contributed by atoms with van der Waals surface area (Å²) in [6.45, 7) is 4.23. The predicted octanol–water partition coefficient (Wildman–Crippen LogP) is 1.83. The minimum atomic E-state index is -0.269. The average molecular weight is 421 g/mol. The van der Waals surface area contributed by atoms with Gasteiger partial charge in [-0.05, 0) is 31.5 Å². The van der Waals surface area contributed by atoms with E-state index in [9.17, 15) is 4.79 Å². The van der Waals surface area contributed by atoms with Crippen molar-refractivity contribution in [1.82, 2.24) is 34.9 Å². The van der Waals surface area contributed by atoms with Crippen LogP contribution in [0.15, 0.2) is 24.4 Å². The summed E-state index contributed by atoms with van der Waals surface area (Å²) >= 11 is 0. The molecule has 3 aromatic heterocycles. The van der Waals surface area contributed by atoms with Gasteiger partial charge in [-0.25, -0.2) is 14.2 Å². The number of amides is 1. The second-order valence-electron chi connectivity index (χ2n) is 7.70. The Hall–Kier alpha value is -3.73. The summed E-state index contributed by atoms with van der Waals surface area (Å²) in [5.41, 5.74) is 4.94. The van der Waals surface area contributed by atoms with Crippen molar-refractivity contribution in [2.24, 2.45) is 7.05 Å². The molecule has 4 heterocycles. The Bertz CT molecular complexity index is 1310. The lowest BCUT2D eigenvalue weighted by Crippen LogP contribution is -2.41. The number of ether oxygens (including phenoxy) is 1. The first kappa shape index (κ1) is 19.2. The molecule has 2 atom stereocenters. The minimum Gasteiger partial charge on any atom is -0.385 e. The van der Waals surface area contributed by atoms with Gasteiger partial charge in [-0.2, -0.15) is 0 Å². The number of carbonyl (C=O) groups is 1. The van der Waals surface area contributed by atoms with E-state index in [-0.39, 0.29) is 18.1 Å². The van der Waals surface area contributed by atoms with Crippen molar-refractivity contribution in [3.63, 3.8) is 0 Å². The van der Waals surface area contributed by atoms with Crippen LogP contribution in [0.1, 0.15) is 29.9 Å². The highest BCUT2D eigenvalue weighted by Crippen LogP contribution is 2.29. The Balaban J connectivity index is 1.73. The lowest BCUT2D eigenvalue weighted by atomic mass is 10.1. The molecule has 0 unspecified atom stereocenters. The van der Waals surface area contributed by atoms with E-state index >= 15 is 0 Å². The van der Waals surface area contributed by atoms with Crippen molar-refractivity contribution in [2.45, 2.75) is 32.6 Å². The van der Waals surface area contributed by atoms with E-state index in [1.54, 1.807) is 11.7 Å². The summed E-state index contributed by atoms with van der Waals surface area (Å²) in [6.07, 6.45) is 1.31. The molecule has 0 saturated carbocycles. The van der Waals surface area contributed by atoms with Crippen LogP contribution in [0.4, 0.5) is 17.2 Å². The van der Waals surface area contributed by atoms with Crippen LogP contribution in [0.5, 0.6) is 0 Å². The fraction of sp³-hybridized carbons (Fsp3) is 0.350. The maximum Gasteiger partial charge on any atom is 0.271 e. The summed E-state index contributed by atoms with van der Waals surface area (Å²) < 4.78 is 9.31. The third-order valence-corrected chi connectivity index (χ3v) is 5.59. The van der Waals surface area contributed by atoms with Crippen LogP contribution in [-0.4, -0.2) is 54.7 Å². The quantitative estimate of drug-likeness (QED) is 0.425. The Morgan fingerprint density at radius 3 is 2.90 bits per heavy atom. The van der Waals surface area contributed by atoms with Crippen LogP contribution >= 0.6 is 0 Å². The molecule has 0 saturated heterocycles. The normalized spacial score (nSPS) is 19.3. The lowest BCUT2D eigenvalue weighted by molar-refractivity contribution is 0.0302. The third-order valence-electron chi connectivity index (χ3n) is 5.59. The Kier molecular flexibility index (Phi) is 4.47. The molecule has 0 radical (unpaired) electrons. The Morgan fingerprint density at radius 2 is 2.10 bits per heavy atom. The minimum absolute atomic E-state index is 0.209. The molecule has 11 nitrogen and oxygen atoms in total. The molecule has 1 aromatic carbocycles. The fourth-order valence-corrected chi connectivity index (χ4v) is 3.64. The maximum absolute atomic E-state index is 12.9. The molecule has 4 aromatic rings. The van der Waals surface area contributed by atoms with Crippen molar-refractivity contribution in [2.75, 3.05) is 17.7 Å².